The molecule has 0 radical (unpaired) electrons. The normalized spacial score (nSPS) is 7.73. The maximum absolute atomic E-state index is 4.57. The van der Waals surface area contributed by atoms with E-state index in [-0.39, 0.29) is 0 Å². The van der Waals surface area contributed by atoms with Crippen molar-refractivity contribution < 1.29 is 4.74 Å². The fourth-order valence-corrected chi connectivity index (χ4v) is 0.503. The molecule has 0 unspecified atom stereocenters. The van der Waals surface area contributed by atoms with Gasteiger partial charge in [0.1, 0.15) is 0 Å². The van der Waals surface area contributed by atoms with E-state index in [4.69, 9.17) is 0 Å². The molecule has 0 atom stereocenters. The van der Waals surface area contributed by atoms with Crippen molar-refractivity contribution in [1.82, 2.24) is 0 Å². The number of hydrogen-bond donors (Lipinski definition) is 0. The van der Waals surface area contributed by atoms with E-state index in [2.05, 4.69) is 11.3 Å². The van der Waals surface area contributed by atoms with Crippen LogP contribution in [0.5, 0.6) is 0 Å². The van der Waals surface area contributed by atoms with Gasteiger partial charge in [-0.15, -0.1) is 6.58 Å². The topological polar surface area (TPSA) is 9.23 Å². The van der Waals surface area contributed by atoms with Crippen molar-refractivity contribution in [3.8, 4) is 0 Å². The average molecular weight is 150 g/mol. The fourth-order valence-electron chi connectivity index (χ4n) is 0.503. The zero-order chi connectivity index (χ0) is 8.36. The maximum atomic E-state index is 4.57. The Kier molecular flexibility index (Phi) is 8.04. The van der Waals surface area contributed by atoms with E-state index in [0.717, 1.165) is 0 Å². The van der Waals surface area contributed by atoms with Crippen molar-refractivity contribution in [1.29, 1.82) is 0 Å². The third-order valence-corrected chi connectivity index (χ3v) is 0.951. The molecule has 0 amide bonds. The summed E-state index contributed by atoms with van der Waals surface area (Å²) in [7, 11) is 1.64. The first-order valence-electron chi connectivity index (χ1n) is 3.51. The molecule has 0 bridgehead atoms. The molecule has 0 aliphatic heterocycles. The van der Waals surface area contributed by atoms with E-state index < -0.39 is 0 Å². The summed E-state index contributed by atoms with van der Waals surface area (Å²) in [4.78, 5) is 0. The summed E-state index contributed by atoms with van der Waals surface area (Å²) in [5.41, 5.74) is 0. The van der Waals surface area contributed by atoms with Crippen LogP contribution in [0.25, 0.3) is 0 Å². The van der Waals surface area contributed by atoms with Crippen LogP contribution in [0.3, 0.4) is 0 Å². The molecular weight excluding hydrogens is 136 g/mol. The van der Waals surface area contributed by atoms with Crippen LogP contribution in [-0.2, 0) is 4.74 Å². The van der Waals surface area contributed by atoms with Gasteiger partial charge < -0.3 is 4.74 Å². The van der Waals surface area contributed by atoms with Gasteiger partial charge in [-0.3, -0.25) is 0 Å². The van der Waals surface area contributed by atoms with Crippen molar-refractivity contribution in [2.75, 3.05) is 13.7 Å². The van der Waals surface area contributed by atoms with Gasteiger partial charge in [0.05, 0.1) is 6.61 Å². The van der Waals surface area contributed by atoms with Crippen molar-refractivity contribution in [3.05, 3.63) is 49.1 Å². The predicted molar refractivity (Wildman–Crippen MR) is 48.5 cm³/mol. The molecular formula is C10H14O. The van der Waals surface area contributed by atoms with Crippen molar-refractivity contribution in [2.24, 2.45) is 0 Å². The second kappa shape index (κ2) is 8.92. The summed E-state index contributed by atoms with van der Waals surface area (Å²) in [6.07, 6.45) is 1.71. The molecule has 0 aliphatic carbocycles. The number of methoxy groups -OCH3 is 1. The molecule has 1 aromatic rings. The molecule has 1 heteroatoms. The summed E-state index contributed by atoms with van der Waals surface area (Å²) < 4.78 is 4.57. The number of benzene rings is 1. The molecule has 1 aromatic carbocycles. The van der Waals surface area contributed by atoms with Gasteiger partial charge in [0.25, 0.3) is 0 Å². The van der Waals surface area contributed by atoms with E-state index in [9.17, 15) is 0 Å². The van der Waals surface area contributed by atoms with Gasteiger partial charge in [-0.25, -0.2) is 0 Å². The highest BCUT2D eigenvalue weighted by Crippen LogP contribution is 1.79. The summed E-state index contributed by atoms with van der Waals surface area (Å²) in [6, 6.07) is 12.0. The Bertz CT molecular complexity index is 131. The minimum atomic E-state index is 0.653. The molecule has 0 aromatic heterocycles. The highest BCUT2D eigenvalue weighted by atomic mass is 16.5. The quantitative estimate of drug-likeness (QED) is 0.588. The fraction of sp³-hybridized carbons (Fsp3) is 0.200. The van der Waals surface area contributed by atoms with Crippen LogP contribution in [0.2, 0.25) is 0 Å². The van der Waals surface area contributed by atoms with Crippen LogP contribution in [0, 0.1) is 0 Å². The molecule has 0 N–H and O–H groups in total. The minimum Gasteiger partial charge on any atom is -0.381 e. The average Bonchev–Trinajstić information content (AvgIpc) is 2.10. The lowest BCUT2D eigenvalue weighted by Gasteiger charge is -1.79. The first-order chi connectivity index (χ1) is 5.41. The SMILES string of the molecule is C=CCOC.c1ccccc1. The molecule has 0 fully saturated rings. The van der Waals surface area contributed by atoms with E-state index in [1.807, 2.05) is 36.4 Å². The Morgan fingerprint density at radius 3 is 1.55 bits per heavy atom. The molecule has 0 heterocycles. The molecule has 0 saturated carbocycles. The van der Waals surface area contributed by atoms with Gasteiger partial charge in [-0.05, 0) is 0 Å². The molecule has 1 rings (SSSR count). The first-order valence-corrected chi connectivity index (χ1v) is 3.51. The Balaban J connectivity index is 0.000000187. The van der Waals surface area contributed by atoms with E-state index in [0.29, 0.717) is 6.61 Å². The van der Waals surface area contributed by atoms with Gasteiger partial charge in [-0.2, -0.15) is 0 Å². The second-order valence-electron chi connectivity index (χ2n) is 1.90. The lowest BCUT2D eigenvalue weighted by Crippen LogP contribution is -1.76. The zero-order valence-corrected chi connectivity index (χ0v) is 6.86. The Labute approximate surface area is 68.3 Å². The van der Waals surface area contributed by atoms with Gasteiger partial charge >= 0.3 is 0 Å². The summed E-state index contributed by atoms with van der Waals surface area (Å²) in [6.45, 7) is 4.08. The maximum Gasteiger partial charge on any atom is 0.0641 e. The molecule has 1 nitrogen and oxygen atoms in total. The van der Waals surface area contributed by atoms with E-state index in [1.165, 1.54) is 0 Å². The van der Waals surface area contributed by atoms with Gasteiger partial charge in [0.2, 0.25) is 0 Å². The largest absolute Gasteiger partial charge is 0.381 e. The Hall–Kier alpha value is -1.08. The number of rotatable bonds is 2. The predicted octanol–water partition coefficient (Wildman–Crippen LogP) is 2.51. The summed E-state index contributed by atoms with van der Waals surface area (Å²) in [5.74, 6) is 0. The lowest BCUT2D eigenvalue weighted by atomic mass is 10.4. The highest BCUT2D eigenvalue weighted by Gasteiger charge is 1.58. The minimum absolute atomic E-state index is 0.653. The Morgan fingerprint density at radius 1 is 1.09 bits per heavy atom. The van der Waals surface area contributed by atoms with Crippen LogP contribution < -0.4 is 0 Å². The van der Waals surface area contributed by atoms with Gasteiger partial charge in [0, 0.05) is 7.11 Å². The van der Waals surface area contributed by atoms with E-state index >= 15 is 0 Å². The van der Waals surface area contributed by atoms with Crippen molar-refractivity contribution in [3.63, 3.8) is 0 Å². The van der Waals surface area contributed by atoms with Crippen molar-refractivity contribution >= 4 is 0 Å². The Morgan fingerprint density at radius 2 is 1.45 bits per heavy atom. The summed E-state index contributed by atoms with van der Waals surface area (Å²) >= 11 is 0. The number of hydrogen-bond acceptors (Lipinski definition) is 1. The highest BCUT2D eigenvalue weighted by molar-refractivity contribution is 4.99. The first kappa shape index (κ1) is 9.92. The third-order valence-electron chi connectivity index (χ3n) is 0.951. The standard InChI is InChI=1S/C6H6.C4H8O/c1-2-4-6-5-3-1;1-3-4-5-2/h1-6H;3H,1,4H2,2H3. The monoisotopic (exact) mass is 150 g/mol. The molecule has 0 saturated heterocycles. The zero-order valence-electron chi connectivity index (χ0n) is 6.86. The molecule has 60 valence electrons. The second-order valence-corrected chi connectivity index (χ2v) is 1.90. The van der Waals surface area contributed by atoms with Crippen LogP contribution in [0.4, 0.5) is 0 Å². The van der Waals surface area contributed by atoms with Crippen LogP contribution in [-0.4, -0.2) is 13.7 Å². The van der Waals surface area contributed by atoms with Gasteiger partial charge in [0.15, 0.2) is 0 Å². The smallest absolute Gasteiger partial charge is 0.0641 e. The van der Waals surface area contributed by atoms with Gasteiger partial charge in [-0.1, -0.05) is 42.5 Å². The lowest BCUT2D eigenvalue weighted by molar-refractivity contribution is 0.234. The molecule has 0 aliphatic rings. The summed E-state index contributed by atoms with van der Waals surface area (Å²) in [5, 5.41) is 0. The van der Waals surface area contributed by atoms with Crippen LogP contribution in [0.15, 0.2) is 49.1 Å². The molecule has 0 spiro atoms. The number of ether oxygens (including phenoxy) is 1. The molecule has 11 heavy (non-hydrogen) atoms. The van der Waals surface area contributed by atoms with Crippen LogP contribution >= 0.6 is 0 Å². The van der Waals surface area contributed by atoms with Crippen molar-refractivity contribution in [2.45, 2.75) is 0 Å². The third kappa shape index (κ3) is 8.92. The van der Waals surface area contributed by atoms with E-state index in [1.54, 1.807) is 13.2 Å². The van der Waals surface area contributed by atoms with Crippen LogP contribution in [0.1, 0.15) is 0 Å².